The molecule has 2 aromatic carbocycles. The van der Waals surface area contributed by atoms with Gasteiger partial charge in [0.2, 0.25) is 0 Å². The molecule has 0 saturated carbocycles. The molecule has 3 rings (SSSR count). The minimum Gasteiger partial charge on any atom is -0.334 e. The van der Waals surface area contributed by atoms with Crippen LogP contribution in [-0.2, 0) is 0 Å². The summed E-state index contributed by atoms with van der Waals surface area (Å²) in [5.74, 6) is -0.0388. The predicted molar refractivity (Wildman–Crippen MR) is 98.0 cm³/mol. The number of carbonyl (C=O) groups is 2. The molecule has 25 heavy (non-hydrogen) atoms. The number of nitrogens with one attached hydrogen (secondary N) is 3. The lowest BCUT2D eigenvalue weighted by atomic mass is 10.1. The molecule has 0 radical (unpaired) electrons. The monoisotopic (exact) mass is 339 g/mol. The fraction of sp³-hybridized carbons (Fsp3) is 0.263. The number of carbonyl (C=O) groups excluding carboxylic acids is 2. The number of rotatable bonds is 3. The number of amides is 3. The molecule has 0 unspecified atom stereocenters. The van der Waals surface area contributed by atoms with Crippen molar-refractivity contribution >= 4 is 23.3 Å². The average Bonchev–Trinajstić information content (AvgIpc) is 2.63. The Kier molecular flexibility index (Phi) is 5.30. The van der Waals surface area contributed by atoms with Gasteiger partial charge in [-0.25, -0.2) is 4.79 Å². The van der Waals surface area contributed by atoms with E-state index in [9.17, 15) is 9.59 Å². The third-order valence-electron chi connectivity index (χ3n) is 4.34. The first-order valence-corrected chi connectivity index (χ1v) is 8.46. The Labute approximate surface area is 147 Å². The summed E-state index contributed by atoms with van der Waals surface area (Å²) in [7, 11) is 2.13. The van der Waals surface area contributed by atoms with Crippen molar-refractivity contribution in [2.24, 2.45) is 0 Å². The highest BCUT2D eigenvalue weighted by Crippen LogP contribution is 2.18. The van der Waals surface area contributed by atoms with E-state index in [1.165, 1.54) is 4.90 Å². The Balaban J connectivity index is 1.70. The van der Waals surface area contributed by atoms with Gasteiger partial charge in [-0.2, -0.15) is 0 Å². The number of piperazine rings is 1. The highest BCUT2D eigenvalue weighted by molar-refractivity contribution is 6.06. The number of anilines is 2. The van der Waals surface area contributed by atoms with Gasteiger partial charge in [0.15, 0.2) is 0 Å². The van der Waals surface area contributed by atoms with Crippen molar-refractivity contribution in [2.45, 2.75) is 0 Å². The molecule has 0 atom stereocenters. The van der Waals surface area contributed by atoms with Gasteiger partial charge in [0.05, 0.1) is 44.5 Å². The van der Waals surface area contributed by atoms with Crippen molar-refractivity contribution < 1.29 is 14.5 Å². The van der Waals surface area contributed by atoms with Crippen LogP contribution in [0.2, 0.25) is 0 Å². The maximum atomic E-state index is 12.8. The molecule has 1 heterocycles. The molecule has 6 heteroatoms. The quantitative estimate of drug-likeness (QED) is 0.789. The van der Waals surface area contributed by atoms with E-state index in [0.717, 1.165) is 26.2 Å². The van der Waals surface area contributed by atoms with E-state index in [1.54, 1.807) is 12.1 Å². The second-order valence-electron chi connectivity index (χ2n) is 6.24. The predicted octanol–water partition coefficient (Wildman–Crippen LogP) is 1.30. The summed E-state index contributed by atoms with van der Waals surface area (Å²) in [6, 6.07) is 16.0. The minimum absolute atomic E-state index is 0.0388. The van der Waals surface area contributed by atoms with Crippen LogP contribution in [0, 0.1) is 0 Å². The zero-order valence-electron chi connectivity index (χ0n) is 14.3. The number of quaternary nitrogens is 1. The molecule has 0 aromatic heterocycles. The Morgan fingerprint density at radius 3 is 2.28 bits per heavy atom. The fourth-order valence-corrected chi connectivity index (χ4v) is 2.85. The third kappa shape index (κ3) is 4.36. The van der Waals surface area contributed by atoms with E-state index < -0.39 is 0 Å². The van der Waals surface area contributed by atoms with Crippen molar-refractivity contribution in [1.29, 1.82) is 0 Å². The van der Waals surface area contributed by atoms with Gasteiger partial charge in [-0.15, -0.1) is 0 Å². The van der Waals surface area contributed by atoms with E-state index >= 15 is 0 Å². The van der Waals surface area contributed by atoms with Crippen LogP contribution in [0.25, 0.3) is 0 Å². The summed E-state index contributed by atoms with van der Waals surface area (Å²) in [4.78, 5) is 28.3. The van der Waals surface area contributed by atoms with Gasteiger partial charge in [-0.05, 0) is 24.3 Å². The van der Waals surface area contributed by atoms with Crippen molar-refractivity contribution in [3.05, 3.63) is 60.2 Å². The van der Waals surface area contributed by atoms with Crippen molar-refractivity contribution in [3.63, 3.8) is 0 Å². The van der Waals surface area contributed by atoms with Crippen LogP contribution in [0.3, 0.4) is 0 Å². The summed E-state index contributed by atoms with van der Waals surface area (Å²) in [6.45, 7) is 3.34. The van der Waals surface area contributed by atoms with Crippen LogP contribution in [0.5, 0.6) is 0 Å². The van der Waals surface area contributed by atoms with Gasteiger partial charge in [-0.3, -0.25) is 4.79 Å². The van der Waals surface area contributed by atoms with E-state index in [-0.39, 0.29) is 11.9 Å². The molecule has 1 fully saturated rings. The van der Waals surface area contributed by atoms with Crippen LogP contribution < -0.4 is 15.5 Å². The van der Waals surface area contributed by atoms with Crippen LogP contribution in [0.4, 0.5) is 16.2 Å². The highest BCUT2D eigenvalue weighted by atomic mass is 16.2. The second kappa shape index (κ2) is 7.81. The summed E-state index contributed by atoms with van der Waals surface area (Å²) in [5, 5.41) is 5.55. The zero-order valence-corrected chi connectivity index (χ0v) is 14.3. The Morgan fingerprint density at radius 1 is 0.920 bits per heavy atom. The van der Waals surface area contributed by atoms with Gasteiger partial charge >= 0.3 is 6.03 Å². The van der Waals surface area contributed by atoms with Crippen LogP contribution in [0.15, 0.2) is 54.6 Å². The molecule has 1 aliphatic rings. The first kappa shape index (κ1) is 17.0. The second-order valence-corrected chi connectivity index (χ2v) is 6.24. The minimum atomic E-state index is -0.366. The Bertz CT molecular complexity index is 740. The summed E-state index contributed by atoms with van der Waals surface area (Å²) in [5.41, 5.74) is 1.74. The molecule has 0 aliphatic carbocycles. The number of para-hydroxylation sites is 2. The molecule has 130 valence electrons. The molecular formula is C19H23N4O2+. The first-order chi connectivity index (χ1) is 12.1. The molecule has 1 aliphatic heterocycles. The van der Waals surface area contributed by atoms with Crippen LogP contribution in [0.1, 0.15) is 10.4 Å². The zero-order chi connectivity index (χ0) is 17.6. The number of nitrogens with zero attached hydrogens (tertiary/aromatic N) is 1. The fourth-order valence-electron chi connectivity index (χ4n) is 2.85. The molecule has 0 spiro atoms. The molecule has 6 nitrogen and oxygen atoms in total. The smallest absolute Gasteiger partial charge is 0.323 e. The normalized spacial score (nSPS) is 14.8. The maximum Gasteiger partial charge on any atom is 0.323 e. The van der Waals surface area contributed by atoms with Gasteiger partial charge in [0.1, 0.15) is 0 Å². The number of benzene rings is 2. The molecule has 3 amide bonds. The molecule has 1 saturated heterocycles. The lowest BCUT2D eigenvalue weighted by Crippen LogP contribution is -3.12. The van der Waals surface area contributed by atoms with Gasteiger partial charge < -0.3 is 20.4 Å². The number of hydrogen-bond acceptors (Lipinski definition) is 2. The Morgan fingerprint density at radius 2 is 1.56 bits per heavy atom. The summed E-state index contributed by atoms with van der Waals surface area (Å²) >= 11 is 0. The standard InChI is InChI=1S/C19H22N4O2/c1-22-11-13-23(14-12-22)18(24)16-9-5-6-10-17(16)21-19(25)20-15-7-3-2-4-8-15/h2-10H,11-14H2,1H3,(H2,20,21,25)/p+1. The maximum absolute atomic E-state index is 12.8. The summed E-state index contributed by atoms with van der Waals surface area (Å²) in [6.07, 6.45) is 0. The van der Waals surface area contributed by atoms with E-state index in [2.05, 4.69) is 17.7 Å². The third-order valence-corrected chi connectivity index (χ3v) is 4.34. The highest BCUT2D eigenvalue weighted by Gasteiger charge is 2.24. The van der Waals surface area contributed by atoms with Crippen molar-refractivity contribution in [2.75, 3.05) is 43.9 Å². The molecule has 0 bridgehead atoms. The number of likely N-dealkylation sites (N-methyl/N-ethyl adjacent to an activating group) is 1. The van der Waals surface area contributed by atoms with Gasteiger partial charge in [0.25, 0.3) is 5.91 Å². The average molecular weight is 339 g/mol. The topological polar surface area (TPSA) is 65.9 Å². The molecular weight excluding hydrogens is 316 g/mol. The SMILES string of the molecule is C[NH+]1CCN(C(=O)c2ccccc2NC(=O)Nc2ccccc2)CC1. The first-order valence-electron chi connectivity index (χ1n) is 8.46. The van der Waals surface area contributed by atoms with Crippen LogP contribution >= 0.6 is 0 Å². The van der Waals surface area contributed by atoms with Crippen LogP contribution in [-0.4, -0.2) is 50.1 Å². The largest absolute Gasteiger partial charge is 0.334 e. The molecule has 3 N–H and O–H groups in total. The number of hydrogen-bond donors (Lipinski definition) is 3. The van der Waals surface area contributed by atoms with E-state index in [1.807, 2.05) is 47.4 Å². The van der Waals surface area contributed by atoms with Gasteiger partial charge in [0, 0.05) is 5.69 Å². The lowest BCUT2D eigenvalue weighted by molar-refractivity contribution is -0.883. The van der Waals surface area contributed by atoms with E-state index in [0.29, 0.717) is 16.9 Å². The van der Waals surface area contributed by atoms with E-state index in [4.69, 9.17) is 0 Å². The van der Waals surface area contributed by atoms with Crippen molar-refractivity contribution in [3.8, 4) is 0 Å². The number of urea groups is 1. The molecule has 2 aromatic rings. The summed E-state index contributed by atoms with van der Waals surface area (Å²) < 4.78 is 0. The lowest BCUT2D eigenvalue weighted by Gasteiger charge is -2.30. The Hall–Kier alpha value is -2.86. The van der Waals surface area contributed by atoms with Crippen molar-refractivity contribution in [1.82, 2.24) is 4.90 Å². The van der Waals surface area contributed by atoms with Gasteiger partial charge in [-0.1, -0.05) is 30.3 Å².